The number of fused-ring (bicyclic) bond motifs is 1. The van der Waals surface area contributed by atoms with Crippen LogP contribution in [0.3, 0.4) is 0 Å². The van der Waals surface area contributed by atoms with Gasteiger partial charge in [0.05, 0.1) is 19.8 Å². The minimum Gasteiger partial charge on any atom is -0.386 e. The molecule has 94 valence electrons. The first-order valence-electron chi connectivity index (χ1n) is 6.06. The summed E-state index contributed by atoms with van der Waals surface area (Å²) >= 11 is 0. The van der Waals surface area contributed by atoms with Crippen LogP contribution in [0.25, 0.3) is 10.8 Å². The molecule has 4 heteroatoms. The van der Waals surface area contributed by atoms with Crippen LogP contribution in [-0.4, -0.2) is 36.0 Å². The maximum Gasteiger partial charge on any atom is 0.111 e. The third kappa shape index (κ3) is 2.10. The van der Waals surface area contributed by atoms with E-state index in [0.29, 0.717) is 19.8 Å². The molecule has 2 atom stereocenters. The van der Waals surface area contributed by atoms with Gasteiger partial charge in [-0.1, -0.05) is 24.3 Å². The summed E-state index contributed by atoms with van der Waals surface area (Å²) < 4.78 is 10.9. The first-order chi connectivity index (χ1) is 8.86. The highest BCUT2D eigenvalue weighted by atomic mass is 16.6. The number of rotatable bonds is 2. The number of benzene rings is 1. The monoisotopic (exact) mass is 245 g/mol. The highest BCUT2D eigenvalue weighted by Gasteiger charge is 2.26. The Labute approximate surface area is 105 Å². The largest absolute Gasteiger partial charge is 0.386 e. The zero-order chi connectivity index (χ0) is 12.4. The molecule has 1 N–H and O–H groups in total. The molecular formula is C14H15NO3. The van der Waals surface area contributed by atoms with Gasteiger partial charge in [0, 0.05) is 23.3 Å². The van der Waals surface area contributed by atoms with Gasteiger partial charge >= 0.3 is 0 Å². The van der Waals surface area contributed by atoms with Crippen LogP contribution in [0.2, 0.25) is 0 Å². The van der Waals surface area contributed by atoms with E-state index >= 15 is 0 Å². The van der Waals surface area contributed by atoms with Crippen molar-refractivity contribution >= 4 is 10.8 Å². The van der Waals surface area contributed by atoms with E-state index in [1.807, 2.05) is 24.3 Å². The van der Waals surface area contributed by atoms with E-state index in [4.69, 9.17) is 9.47 Å². The van der Waals surface area contributed by atoms with Crippen molar-refractivity contribution in [2.24, 2.45) is 0 Å². The zero-order valence-electron chi connectivity index (χ0n) is 9.95. The fourth-order valence-corrected chi connectivity index (χ4v) is 2.26. The molecule has 1 fully saturated rings. The maximum atomic E-state index is 10.4. The number of aliphatic hydroxyl groups excluding tert-OH is 1. The summed E-state index contributed by atoms with van der Waals surface area (Å²) in [5.41, 5.74) is 0.795. The second-order valence-corrected chi connectivity index (χ2v) is 4.38. The van der Waals surface area contributed by atoms with Gasteiger partial charge in [-0.05, 0) is 5.39 Å². The molecule has 2 unspecified atom stereocenters. The van der Waals surface area contributed by atoms with Crippen molar-refractivity contribution in [3.05, 3.63) is 42.2 Å². The molecule has 1 aliphatic rings. The molecule has 1 aromatic heterocycles. The Morgan fingerprint density at radius 2 is 2.11 bits per heavy atom. The van der Waals surface area contributed by atoms with E-state index in [-0.39, 0.29) is 6.10 Å². The van der Waals surface area contributed by atoms with Gasteiger partial charge in [-0.25, -0.2) is 0 Å². The van der Waals surface area contributed by atoms with Crippen LogP contribution >= 0.6 is 0 Å². The number of aliphatic hydroxyl groups is 1. The van der Waals surface area contributed by atoms with E-state index < -0.39 is 6.10 Å². The van der Waals surface area contributed by atoms with Gasteiger partial charge in [0.15, 0.2) is 0 Å². The molecule has 0 bridgehead atoms. The predicted molar refractivity (Wildman–Crippen MR) is 67.3 cm³/mol. The molecule has 2 aromatic rings. The normalized spacial score (nSPS) is 21.9. The lowest BCUT2D eigenvalue weighted by Gasteiger charge is -2.27. The van der Waals surface area contributed by atoms with Crippen molar-refractivity contribution in [2.75, 3.05) is 19.8 Å². The minimum absolute atomic E-state index is 0.314. The van der Waals surface area contributed by atoms with Crippen molar-refractivity contribution in [3.8, 4) is 0 Å². The van der Waals surface area contributed by atoms with Gasteiger partial charge in [0.25, 0.3) is 0 Å². The van der Waals surface area contributed by atoms with Crippen molar-refractivity contribution in [1.29, 1.82) is 0 Å². The highest BCUT2D eigenvalue weighted by Crippen LogP contribution is 2.27. The summed E-state index contributed by atoms with van der Waals surface area (Å²) in [6.45, 7) is 1.54. The molecule has 3 rings (SSSR count). The Bertz CT molecular complexity index is 532. The summed E-state index contributed by atoms with van der Waals surface area (Å²) in [6.07, 6.45) is 2.48. The second-order valence-electron chi connectivity index (χ2n) is 4.38. The number of aromatic nitrogens is 1. The standard InChI is InChI=1S/C14H15NO3/c16-14(13-9-17-5-6-18-13)12-8-15-7-10-3-1-2-4-11(10)12/h1-4,7-8,13-14,16H,5-6,9H2. The Balaban J connectivity index is 1.97. The minimum atomic E-state index is -0.705. The highest BCUT2D eigenvalue weighted by molar-refractivity contribution is 5.84. The molecular weight excluding hydrogens is 230 g/mol. The average Bonchev–Trinajstić information content (AvgIpc) is 2.47. The Hall–Kier alpha value is -1.49. The topological polar surface area (TPSA) is 51.6 Å². The molecule has 1 aliphatic heterocycles. The quantitative estimate of drug-likeness (QED) is 0.874. The third-order valence-electron chi connectivity index (χ3n) is 3.21. The molecule has 0 saturated carbocycles. The van der Waals surface area contributed by atoms with Gasteiger partial charge < -0.3 is 14.6 Å². The Morgan fingerprint density at radius 3 is 2.94 bits per heavy atom. The smallest absolute Gasteiger partial charge is 0.111 e. The van der Waals surface area contributed by atoms with E-state index in [0.717, 1.165) is 16.3 Å². The third-order valence-corrected chi connectivity index (χ3v) is 3.21. The fraction of sp³-hybridized carbons (Fsp3) is 0.357. The lowest BCUT2D eigenvalue weighted by Crippen LogP contribution is -2.33. The van der Waals surface area contributed by atoms with Crippen molar-refractivity contribution < 1.29 is 14.6 Å². The molecule has 1 saturated heterocycles. The van der Waals surface area contributed by atoms with Gasteiger partial charge in [-0.2, -0.15) is 0 Å². The number of ether oxygens (including phenoxy) is 2. The van der Waals surface area contributed by atoms with Crippen LogP contribution in [0.4, 0.5) is 0 Å². The summed E-state index contributed by atoms with van der Waals surface area (Å²) in [5, 5.41) is 12.4. The van der Waals surface area contributed by atoms with Crippen molar-refractivity contribution in [3.63, 3.8) is 0 Å². The molecule has 0 aliphatic carbocycles. The lowest BCUT2D eigenvalue weighted by atomic mass is 10.00. The SMILES string of the molecule is OC(c1cncc2ccccc12)C1COCCO1. The second kappa shape index (κ2) is 5.02. The zero-order valence-corrected chi connectivity index (χ0v) is 9.95. The first kappa shape index (κ1) is 11.6. The van der Waals surface area contributed by atoms with Gasteiger partial charge in [0.2, 0.25) is 0 Å². The van der Waals surface area contributed by atoms with Crippen LogP contribution in [0.15, 0.2) is 36.7 Å². The summed E-state index contributed by atoms with van der Waals surface area (Å²) in [7, 11) is 0. The summed E-state index contributed by atoms with van der Waals surface area (Å²) in [5.74, 6) is 0. The number of hydrogen-bond acceptors (Lipinski definition) is 4. The number of hydrogen-bond donors (Lipinski definition) is 1. The average molecular weight is 245 g/mol. The Kier molecular flexibility index (Phi) is 3.23. The van der Waals surface area contributed by atoms with Crippen LogP contribution in [-0.2, 0) is 9.47 Å². The maximum absolute atomic E-state index is 10.4. The molecule has 0 radical (unpaired) electrons. The van der Waals surface area contributed by atoms with Crippen LogP contribution in [0, 0.1) is 0 Å². The number of nitrogens with zero attached hydrogens (tertiary/aromatic N) is 1. The molecule has 4 nitrogen and oxygen atoms in total. The lowest BCUT2D eigenvalue weighted by molar-refractivity contribution is -0.133. The van der Waals surface area contributed by atoms with E-state index in [9.17, 15) is 5.11 Å². The molecule has 0 amide bonds. The van der Waals surface area contributed by atoms with Crippen LogP contribution in [0.5, 0.6) is 0 Å². The fourth-order valence-electron chi connectivity index (χ4n) is 2.26. The number of pyridine rings is 1. The van der Waals surface area contributed by atoms with E-state index in [1.165, 1.54) is 0 Å². The van der Waals surface area contributed by atoms with Crippen molar-refractivity contribution in [1.82, 2.24) is 4.98 Å². The Morgan fingerprint density at radius 1 is 1.22 bits per heavy atom. The molecule has 0 spiro atoms. The summed E-state index contributed by atoms with van der Waals surface area (Å²) in [4.78, 5) is 4.17. The molecule has 2 heterocycles. The van der Waals surface area contributed by atoms with E-state index in [2.05, 4.69) is 4.98 Å². The van der Waals surface area contributed by atoms with E-state index in [1.54, 1.807) is 12.4 Å². The first-order valence-corrected chi connectivity index (χ1v) is 6.06. The summed E-state index contributed by atoms with van der Waals surface area (Å²) in [6, 6.07) is 7.88. The van der Waals surface area contributed by atoms with Crippen LogP contribution in [0.1, 0.15) is 11.7 Å². The van der Waals surface area contributed by atoms with Crippen LogP contribution < -0.4 is 0 Å². The molecule has 1 aromatic carbocycles. The van der Waals surface area contributed by atoms with Crippen molar-refractivity contribution in [2.45, 2.75) is 12.2 Å². The predicted octanol–water partition coefficient (Wildman–Crippen LogP) is 1.68. The molecule has 18 heavy (non-hydrogen) atoms. The van der Waals surface area contributed by atoms with Gasteiger partial charge in [-0.15, -0.1) is 0 Å². The van der Waals surface area contributed by atoms with Gasteiger partial charge in [0.1, 0.15) is 12.2 Å². The van der Waals surface area contributed by atoms with Gasteiger partial charge in [-0.3, -0.25) is 4.98 Å².